The summed E-state index contributed by atoms with van der Waals surface area (Å²) in [5.41, 5.74) is 2.00. The average Bonchev–Trinajstić information content (AvgIpc) is 3.21. The molecule has 1 aliphatic heterocycles. The number of amides is 1. The van der Waals surface area contributed by atoms with E-state index in [4.69, 9.17) is 16.3 Å². The first kappa shape index (κ1) is 18.0. The Labute approximate surface area is 158 Å². The number of rotatable bonds is 5. The molecule has 1 saturated heterocycles. The van der Waals surface area contributed by atoms with Crippen molar-refractivity contribution in [3.8, 4) is 11.8 Å². The first-order valence-electron chi connectivity index (χ1n) is 8.54. The predicted octanol–water partition coefficient (Wildman–Crippen LogP) is 4.45. The third-order valence-corrected chi connectivity index (χ3v) is 4.51. The number of carbonyl (C=O) groups excluding carboxylic acids is 1. The van der Waals surface area contributed by atoms with Gasteiger partial charge in [0.25, 0.3) is 5.91 Å². The molecule has 3 rings (SSSR count). The molecule has 1 fully saturated rings. The van der Waals surface area contributed by atoms with Crippen molar-refractivity contribution in [1.29, 1.82) is 5.26 Å². The Balaban J connectivity index is 1.63. The number of likely N-dealkylation sites (tertiary alicyclic amines) is 1. The highest BCUT2D eigenvalue weighted by Crippen LogP contribution is 2.18. The van der Waals surface area contributed by atoms with Crippen LogP contribution in [-0.4, -0.2) is 23.9 Å². The SMILES string of the molecule is N#C/C(=C\c1ccc(OCc2ccc(Cl)cc2)cc1)C(=O)N1CCCC1. The van der Waals surface area contributed by atoms with Gasteiger partial charge in [-0.05, 0) is 54.3 Å². The summed E-state index contributed by atoms with van der Waals surface area (Å²) in [6.45, 7) is 1.91. The molecule has 0 N–H and O–H groups in total. The van der Waals surface area contributed by atoms with E-state index in [2.05, 4.69) is 0 Å². The highest BCUT2D eigenvalue weighted by Gasteiger charge is 2.21. The largest absolute Gasteiger partial charge is 0.489 e. The van der Waals surface area contributed by atoms with Gasteiger partial charge in [-0.15, -0.1) is 0 Å². The van der Waals surface area contributed by atoms with Gasteiger partial charge in [-0.3, -0.25) is 4.79 Å². The molecule has 0 spiro atoms. The van der Waals surface area contributed by atoms with Crippen molar-refractivity contribution in [2.45, 2.75) is 19.4 Å². The van der Waals surface area contributed by atoms with Crippen LogP contribution in [0.25, 0.3) is 6.08 Å². The molecule has 132 valence electrons. The van der Waals surface area contributed by atoms with Crippen LogP contribution in [0.2, 0.25) is 5.02 Å². The number of benzene rings is 2. The van der Waals surface area contributed by atoms with Crippen LogP contribution < -0.4 is 4.74 Å². The van der Waals surface area contributed by atoms with E-state index in [1.807, 2.05) is 54.6 Å². The third-order valence-electron chi connectivity index (χ3n) is 4.25. The second-order valence-corrected chi connectivity index (χ2v) is 6.59. The number of nitrogens with zero attached hydrogens (tertiary/aromatic N) is 2. The van der Waals surface area contributed by atoms with Crippen molar-refractivity contribution in [2.24, 2.45) is 0 Å². The van der Waals surface area contributed by atoms with Crippen LogP contribution in [0.15, 0.2) is 54.1 Å². The molecule has 0 unspecified atom stereocenters. The molecule has 0 aliphatic carbocycles. The minimum Gasteiger partial charge on any atom is -0.489 e. The molecule has 2 aromatic rings. The van der Waals surface area contributed by atoms with Gasteiger partial charge in [-0.1, -0.05) is 35.9 Å². The van der Waals surface area contributed by atoms with E-state index >= 15 is 0 Å². The van der Waals surface area contributed by atoms with Crippen LogP contribution in [0.4, 0.5) is 0 Å². The quantitative estimate of drug-likeness (QED) is 0.580. The van der Waals surface area contributed by atoms with E-state index in [-0.39, 0.29) is 11.5 Å². The summed E-state index contributed by atoms with van der Waals surface area (Å²) < 4.78 is 5.74. The summed E-state index contributed by atoms with van der Waals surface area (Å²) in [6.07, 6.45) is 3.64. The molecule has 1 aliphatic rings. The Morgan fingerprint density at radius 2 is 1.77 bits per heavy atom. The molecule has 0 saturated carbocycles. The van der Waals surface area contributed by atoms with Crippen LogP contribution in [0.1, 0.15) is 24.0 Å². The van der Waals surface area contributed by atoms with Gasteiger partial charge in [0.15, 0.2) is 0 Å². The molecule has 1 heterocycles. The zero-order chi connectivity index (χ0) is 18.4. The molecular weight excluding hydrogens is 348 g/mol. The van der Waals surface area contributed by atoms with Gasteiger partial charge in [0.05, 0.1) is 0 Å². The van der Waals surface area contributed by atoms with Gasteiger partial charge < -0.3 is 9.64 Å². The van der Waals surface area contributed by atoms with Gasteiger partial charge in [0.1, 0.15) is 24.0 Å². The van der Waals surface area contributed by atoms with Crippen LogP contribution in [0.5, 0.6) is 5.75 Å². The molecular formula is C21H19ClN2O2. The number of halogens is 1. The van der Waals surface area contributed by atoms with Gasteiger partial charge in [-0.2, -0.15) is 5.26 Å². The molecule has 0 atom stereocenters. The lowest BCUT2D eigenvalue weighted by Crippen LogP contribution is -2.28. The van der Waals surface area contributed by atoms with Gasteiger partial charge >= 0.3 is 0 Å². The van der Waals surface area contributed by atoms with Crippen LogP contribution in [0, 0.1) is 11.3 Å². The van der Waals surface area contributed by atoms with Crippen LogP contribution >= 0.6 is 11.6 Å². The molecule has 5 heteroatoms. The maximum atomic E-state index is 12.3. The number of nitriles is 1. The zero-order valence-electron chi connectivity index (χ0n) is 14.3. The minimum atomic E-state index is -0.187. The molecule has 26 heavy (non-hydrogen) atoms. The van der Waals surface area contributed by atoms with Gasteiger partial charge in [0.2, 0.25) is 0 Å². The molecule has 0 radical (unpaired) electrons. The minimum absolute atomic E-state index is 0.168. The lowest BCUT2D eigenvalue weighted by molar-refractivity contribution is -0.125. The lowest BCUT2D eigenvalue weighted by atomic mass is 10.1. The molecule has 1 amide bonds. The lowest BCUT2D eigenvalue weighted by Gasteiger charge is -2.14. The Morgan fingerprint density at radius 3 is 2.38 bits per heavy atom. The van der Waals surface area contributed by atoms with Crippen molar-refractivity contribution < 1.29 is 9.53 Å². The molecule has 4 nitrogen and oxygen atoms in total. The second kappa shape index (κ2) is 8.55. The first-order chi connectivity index (χ1) is 12.7. The Kier molecular flexibility index (Phi) is 5.93. The van der Waals surface area contributed by atoms with Crippen molar-refractivity contribution in [3.63, 3.8) is 0 Å². The first-order valence-corrected chi connectivity index (χ1v) is 8.92. The third kappa shape index (κ3) is 4.65. The van der Waals surface area contributed by atoms with E-state index in [9.17, 15) is 10.1 Å². The van der Waals surface area contributed by atoms with Crippen molar-refractivity contribution >= 4 is 23.6 Å². The highest BCUT2D eigenvalue weighted by molar-refractivity contribution is 6.30. The van der Waals surface area contributed by atoms with Crippen LogP contribution in [0.3, 0.4) is 0 Å². The van der Waals surface area contributed by atoms with Gasteiger partial charge in [-0.25, -0.2) is 0 Å². The topological polar surface area (TPSA) is 53.3 Å². The van der Waals surface area contributed by atoms with E-state index in [0.29, 0.717) is 11.6 Å². The van der Waals surface area contributed by atoms with E-state index < -0.39 is 0 Å². The molecule has 0 aromatic heterocycles. The van der Waals surface area contributed by atoms with Crippen molar-refractivity contribution in [2.75, 3.05) is 13.1 Å². The Morgan fingerprint density at radius 1 is 1.12 bits per heavy atom. The summed E-state index contributed by atoms with van der Waals surface area (Å²) in [7, 11) is 0. The fourth-order valence-electron chi connectivity index (χ4n) is 2.81. The van der Waals surface area contributed by atoms with E-state index in [0.717, 1.165) is 42.8 Å². The fraction of sp³-hybridized carbons (Fsp3) is 0.238. The molecule has 0 bridgehead atoms. The maximum absolute atomic E-state index is 12.3. The monoisotopic (exact) mass is 366 g/mol. The number of hydrogen-bond acceptors (Lipinski definition) is 3. The smallest absolute Gasteiger partial charge is 0.264 e. The van der Waals surface area contributed by atoms with Crippen molar-refractivity contribution in [1.82, 2.24) is 4.90 Å². The van der Waals surface area contributed by atoms with Gasteiger partial charge in [0, 0.05) is 18.1 Å². The van der Waals surface area contributed by atoms with E-state index in [1.54, 1.807) is 11.0 Å². The fourth-order valence-corrected chi connectivity index (χ4v) is 2.93. The summed E-state index contributed by atoms with van der Waals surface area (Å²) in [5, 5.41) is 10.00. The number of hydrogen-bond donors (Lipinski definition) is 0. The number of ether oxygens (including phenoxy) is 1. The highest BCUT2D eigenvalue weighted by atomic mass is 35.5. The zero-order valence-corrected chi connectivity index (χ0v) is 15.1. The Hall–Kier alpha value is -2.77. The standard InChI is InChI=1S/C21H19ClN2O2/c22-19-7-3-17(4-8-19)15-26-20-9-5-16(6-10-20)13-18(14-23)21(25)24-11-1-2-12-24/h3-10,13H,1-2,11-12,15H2/b18-13+. The summed E-state index contributed by atoms with van der Waals surface area (Å²) in [4.78, 5) is 14.1. The normalized spacial score (nSPS) is 14.2. The van der Waals surface area contributed by atoms with E-state index in [1.165, 1.54) is 0 Å². The second-order valence-electron chi connectivity index (χ2n) is 6.15. The average molecular weight is 367 g/mol. The molecule has 2 aromatic carbocycles. The maximum Gasteiger partial charge on any atom is 0.264 e. The van der Waals surface area contributed by atoms with Crippen molar-refractivity contribution in [3.05, 3.63) is 70.3 Å². The summed E-state index contributed by atoms with van der Waals surface area (Å²) >= 11 is 5.87. The summed E-state index contributed by atoms with van der Waals surface area (Å²) in [5.74, 6) is 0.537. The summed E-state index contributed by atoms with van der Waals surface area (Å²) in [6, 6.07) is 16.9. The number of carbonyl (C=O) groups is 1. The Bertz CT molecular complexity index is 830. The predicted molar refractivity (Wildman–Crippen MR) is 102 cm³/mol. The van der Waals surface area contributed by atoms with Crippen LogP contribution in [-0.2, 0) is 11.4 Å².